The average molecular weight is 115 g/mol. The van der Waals surface area contributed by atoms with Crippen LogP contribution in [0.5, 0.6) is 0 Å². The quantitative estimate of drug-likeness (QED) is 0.403. The van der Waals surface area contributed by atoms with E-state index in [0.717, 1.165) is 6.54 Å². The number of hydrogen-bond acceptors (Lipinski definition) is 2. The summed E-state index contributed by atoms with van der Waals surface area (Å²) in [5.74, 6) is 0. The van der Waals surface area contributed by atoms with Crippen molar-refractivity contribution in [1.82, 2.24) is 5.32 Å². The molecule has 0 rings (SSSR count). The predicted octanol–water partition coefficient (Wildman–Crippen LogP) is 0.143. The van der Waals surface area contributed by atoms with Crippen molar-refractivity contribution in [3.8, 4) is 0 Å². The van der Waals surface area contributed by atoms with Crippen LogP contribution in [-0.4, -0.2) is 24.3 Å². The molecule has 2 heteroatoms. The highest BCUT2D eigenvalue weighted by molar-refractivity contribution is 4.69. The van der Waals surface area contributed by atoms with Gasteiger partial charge in [0.2, 0.25) is 0 Å². The van der Waals surface area contributed by atoms with Crippen molar-refractivity contribution in [2.75, 3.05) is 13.1 Å². The van der Waals surface area contributed by atoms with Crippen LogP contribution in [0.2, 0.25) is 0 Å². The minimum absolute atomic E-state index is 0.255. The van der Waals surface area contributed by atoms with Crippen LogP contribution in [0.3, 0.4) is 0 Å². The van der Waals surface area contributed by atoms with E-state index in [0.29, 0.717) is 6.54 Å². The molecule has 8 heavy (non-hydrogen) atoms. The summed E-state index contributed by atoms with van der Waals surface area (Å²) in [5.41, 5.74) is 0. The molecular formula is C6H13NO. The summed E-state index contributed by atoms with van der Waals surface area (Å²) in [6.07, 6.45) is 1.51. The molecule has 0 saturated heterocycles. The van der Waals surface area contributed by atoms with Crippen molar-refractivity contribution in [2.24, 2.45) is 0 Å². The third-order valence-electron chi connectivity index (χ3n) is 0.728. The normalized spacial score (nSPS) is 13.2. The Morgan fingerprint density at radius 2 is 2.50 bits per heavy atom. The van der Waals surface area contributed by atoms with Gasteiger partial charge in [-0.15, -0.1) is 6.58 Å². The van der Waals surface area contributed by atoms with Gasteiger partial charge < -0.3 is 10.4 Å². The summed E-state index contributed by atoms with van der Waals surface area (Å²) in [6.45, 7) is 6.67. The minimum Gasteiger partial charge on any atom is -0.392 e. The molecule has 0 spiro atoms. The van der Waals surface area contributed by atoms with E-state index < -0.39 is 0 Å². The highest BCUT2D eigenvalue weighted by Gasteiger charge is 1.89. The molecule has 0 heterocycles. The molecule has 1 unspecified atom stereocenters. The maximum atomic E-state index is 8.68. The number of aliphatic hydroxyl groups is 1. The topological polar surface area (TPSA) is 32.3 Å². The largest absolute Gasteiger partial charge is 0.392 e. The monoisotopic (exact) mass is 115 g/mol. The van der Waals surface area contributed by atoms with Crippen LogP contribution in [0.15, 0.2) is 12.7 Å². The average Bonchev–Trinajstić information content (AvgIpc) is 1.66. The summed E-state index contributed by atoms with van der Waals surface area (Å²) in [6, 6.07) is 0. The van der Waals surface area contributed by atoms with Crippen LogP contribution in [0.1, 0.15) is 6.92 Å². The first-order chi connectivity index (χ1) is 3.77. The fourth-order valence-electron chi connectivity index (χ4n) is 0.394. The molecule has 0 aromatic carbocycles. The van der Waals surface area contributed by atoms with Gasteiger partial charge in [0.15, 0.2) is 0 Å². The Bertz CT molecular complexity index is 61.5. The molecule has 0 aliphatic rings. The first-order valence-electron chi connectivity index (χ1n) is 2.77. The highest BCUT2D eigenvalue weighted by Crippen LogP contribution is 1.72. The van der Waals surface area contributed by atoms with Crippen LogP contribution in [0, 0.1) is 0 Å². The molecule has 48 valence electrons. The van der Waals surface area contributed by atoms with Gasteiger partial charge >= 0.3 is 0 Å². The molecule has 0 fully saturated rings. The molecule has 0 aliphatic carbocycles. The Morgan fingerprint density at radius 3 is 2.88 bits per heavy atom. The molecule has 2 N–H and O–H groups in total. The lowest BCUT2D eigenvalue weighted by Crippen LogP contribution is -2.24. The molecule has 0 aliphatic heterocycles. The lowest BCUT2D eigenvalue weighted by Gasteiger charge is -2.01. The standard InChI is InChI=1S/C6H13NO/c1-3-4-7-5-6(2)8/h3,6-8H,1,4-5H2,2H3. The fourth-order valence-corrected chi connectivity index (χ4v) is 0.394. The Hall–Kier alpha value is -0.340. The second-order valence-corrected chi connectivity index (χ2v) is 1.80. The molecular weight excluding hydrogens is 102 g/mol. The van der Waals surface area contributed by atoms with E-state index in [9.17, 15) is 0 Å². The van der Waals surface area contributed by atoms with Crippen LogP contribution in [-0.2, 0) is 0 Å². The first-order valence-corrected chi connectivity index (χ1v) is 2.77. The van der Waals surface area contributed by atoms with E-state index in [1.165, 1.54) is 0 Å². The van der Waals surface area contributed by atoms with Gasteiger partial charge in [-0.05, 0) is 6.92 Å². The van der Waals surface area contributed by atoms with Gasteiger partial charge in [-0.3, -0.25) is 0 Å². The van der Waals surface area contributed by atoms with Gasteiger partial charge in [0.25, 0.3) is 0 Å². The Labute approximate surface area is 50.2 Å². The maximum Gasteiger partial charge on any atom is 0.0636 e. The smallest absolute Gasteiger partial charge is 0.0636 e. The second-order valence-electron chi connectivity index (χ2n) is 1.80. The third kappa shape index (κ3) is 5.66. The third-order valence-corrected chi connectivity index (χ3v) is 0.728. The zero-order chi connectivity index (χ0) is 6.41. The van der Waals surface area contributed by atoms with E-state index >= 15 is 0 Å². The van der Waals surface area contributed by atoms with Gasteiger partial charge in [-0.25, -0.2) is 0 Å². The van der Waals surface area contributed by atoms with Gasteiger partial charge in [0, 0.05) is 13.1 Å². The van der Waals surface area contributed by atoms with E-state index in [-0.39, 0.29) is 6.10 Å². The minimum atomic E-state index is -0.255. The van der Waals surface area contributed by atoms with Crippen LogP contribution in [0.25, 0.3) is 0 Å². The summed E-state index contributed by atoms with van der Waals surface area (Å²) < 4.78 is 0. The van der Waals surface area contributed by atoms with E-state index in [1.807, 2.05) is 0 Å². The lowest BCUT2D eigenvalue weighted by atomic mass is 10.4. The predicted molar refractivity (Wildman–Crippen MR) is 34.7 cm³/mol. The lowest BCUT2D eigenvalue weighted by molar-refractivity contribution is 0.193. The van der Waals surface area contributed by atoms with Gasteiger partial charge in [0.05, 0.1) is 6.10 Å². The summed E-state index contributed by atoms with van der Waals surface area (Å²) >= 11 is 0. The van der Waals surface area contributed by atoms with E-state index in [2.05, 4.69) is 11.9 Å². The molecule has 0 aromatic rings. The molecule has 0 saturated carbocycles. The van der Waals surface area contributed by atoms with Crippen molar-refractivity contribution < 1.29 is 5.11 Å². The van der Waals surface area contributed by atoms with Gasteiger partial charge in [-0.2, -0.15) is 0 Å². The SMILES string of the molecule is C=CCNCC(C)O. The Balaban J connectivity index is 2.81. The van der Waals surface area contributed by atoms with E-state index in [4.69, 9.17) is 5.11 Å². The second kappa shape index (κ2) is 4.81. The van der Waals surface area contributed by atoms with Gasteiger partial charge in [0.1, 0.15) is 0 Å². The van der Waals surface area contributed by atoms with Crippen LogP contribution >= 0.6 is 0 Å². The fraction of sp³-hybridized carbons (Fsp3) is 0.667. The van der Waals surface area contributed by atoms with Crippen molar-refractivity contribution in [2.45, 2.75) is 13.0 Å². The molecule has 0 bridgehead atoms. The number of nitrogens with one attached hydrogen (secondary N) is 1. The van der Waals surface area contributed by atoms with Crippen molar-refractivity contribution in [1.29, 1.82) is 0 Å². The zero-order valence-electron chi connectivity index (χ0n) is 5.22. The Morgan fingerprint density at radius 1 is 1.88 bits per heavy atom. The molecule has 1 atom stereocenters. The highest BCUT2D eigenvalue weighted by atomic mass is 16.3. The van der Waals surface area contributed by atoms with Crippen molar-refractivity contribution >= 4 is 0 Å². The summed E-state index contributed by atoms with van der Waals surface area (Å²) in [7, 11) is 0. The molecule has 0 amide bonds. The Kier molecular flexibility index (Phi) is 4.61. The van der Waals surface area contributed by atoms with Crippen molar-refractivity contribution in [3.63, 3.8) is 0 Å². The van der Waals surface area contributed by atoms with Gasteiger partial charge in [-0.1, -0.05) is 6.08 Å². The zero-order valence-corrected chi connectivity index (χ0v) is 5.22. The van der Waals surface area contributed by atoms with Crippen LogP contribution in [0.4, 0.5) is 0 Å². The summed E-state index contributed by atoms with van der Waals surface area (Å²) in [5, 5.41) is 11.6. The first kappa shape index (κ1) is 7.66. The molecule has 2 nitrogen and oxygen atoms in total. The summed E-state index contributed by atoms with van der Waals surface area (Å²) in [4.78, 5) is 0. The molecule has 0 aromatic heterocycles. The number of rotatable bonds is 4. The molecule has 0 radical (unpaired) electrons. The van der Waals surface area contributed by atoms with Crippen LogP contribution < -0.4 is 5.32 Å². The number of aliphatic hydroxyl groups excluding tert-OH is 1. The number of hydrogen-bond donors (Lipinski definition) is 2. The van der Waals surface area contributed by atoms with E-state index in [1.54, 1.807) is 13.0 Å². The van der Waals surface area contributed by atoms with Crippen molar-refractivity contribution in [3.05, 3.63) is 12.7 Å². The maximum absolute atomic E-state index is 8.68.